The third kappa shape index (κ3) is 4.68. The second-order valence-electron chi connectivity index (χ2n) is 4.16. The lowest BCUT2D eigenvalue weighted by Gasteiger charge is -2.10. The normalized spacial score (nSPS) is 12.0. The van der Waals surface area contributed by atoms with E-state index in [1.54, 1.807) is 19.1 Å². The molecule has 0 aliphatic carbocycles. The quantitative estimate of drug-likeness (QED) is 0.798. The molecule has 5 nitrogen and oxygen atoms in total. The first-order valence-corrected chi connectivity index (χ1v) is 8.08. The van der Waals surface area contributed by atoms with E-state index in [2.05, 4.69) is 20.8 Å². The van der Waals surface area contributed by atoms with Gasteiger partial charge in [-0.15, -0.1) is 10.2 Å². The van der Waals surface area contributed by atoms with Crippen molar-refractivity contribution >= 4 is 39.8 Å². The number of hydrogen-bond donors (Lipinski definition) is 2. The molecule has 1 aromatic carbocycles. The van der Waals surface area contributed by atoms with Crippen LogP contribution in [0.4, 0.5) is 15.2 Å². The standard InChI is InChI=1S/C13H15FN4OS2/c1-3-15-12-17-18-13(21-12)20-8(2)11(19)16-10-6-4-5-9(14)7-10/h4-8H,3H2,1-2H3,(H,15,17)(H,16,19)/t8-/m1/s1. The van der Waals surface area contributed by atoms with E-state index >= 15 is 0 Å². The molecule has 0 saturated heterocycles. The predicted molar refractivity (Wildman–Crippen MR) is 84.4 cm³/mol. The summed E-state index contributed by atoms with van der Waals surface area (Å²) in [6.45, 7) is 4.52. The third-order valence-electron chi connectivity index (χ3n) is 2.47. The highest BCUT2D eigenvalue weighted by Crippen LogP contribution is 2.29. The lowest BCUT2D eigenvalue weighted by Crippen LogP contribution is -2.22. The summed E-state index contributed by atoms with van der Waals surface area (Å²) in [6, 6.07) is 5.81. The monoisotopic (exact) mass is 326 g/mol. The lowest BCUT2D eigenvalue weighted by atomic mass is 10.3. The van der Waals surface area contributed by atoms with Crippen molar-refractivity contribution in [2.75, 3.05) is 17.2 Å². The van der Waals surface area contributed by atoms with Crippen LogP contribution < -0.4 is 10.6 Å². The first kappa shape index (κ1) is 15.7. The van der Waals surface area contributed by atoms with Gasteiger partial charge in [-0.2, -0.15) is 0 Å². The number of nitrogens with one attached hydrogen (secondary N) is 2. The van der Waals surface area contributed by atoms with Gasteiger partial charge in [0, 0.05) is 12.2 Å². The topological polar surface area (TPSA) is 66.9 Å². The maximum Gasteiger partial charge on any atom is 0.237 e. The fourth-order valence-electron chi connectivity index (χ4n) is 1.49. The van der Waals surface area contributed by atoms with Gasteiger partial charge in [-0.25, -0.2) is 4.39 Å². The molecule has 0 radical (unpaired) electrons. The number of nitrogens with zero attached hydrogens (tertiary/aromatic N) is 2. The van der Waals surface area contributed by atoms with Gasteiger partial charge >= 0.3 is 0 Å². The third-order valence-corrected chi connectivity index (χ3v) is 4.54. The number of amides is 1. The molecule has 1 aromatic heterocycles. The minimum atomic E-state index is -0.382. The summed E-state index contributed by atoms with van der Waals surface area (Å²) in [5.74, 6) is -0.585. The Labute approximate surface area is 130 Å². The molecule has 8 heteroatoms. The second-order valence-corrected chi connectivity index (χ2v) is 6.73. The van der Waals surface area contributed by atoms with E-state index in [1.807, 2.05) is 6.92 Å². The summed E-state index contributed by atoms with van der Waals surface area (Å²) in [7, 11) is 0. The average Bonchev–Trinajstić information content (AvgIpc) is 2.86. The van der Waals surface area contributed by atoms with Crippen molar-refractivity contribution in [3.8, 4) is 0 Å². The summed E-state index contributed by atoms with van der Waals surface area (Å²) in [5.41, 5.74) is 0.443. The minimum absolute atomic E-state index is 0.203. The molecule has 2 N–H and O–H groups in total. The molecule has 1 heterocycles. The molecule has 0 aliphatic heterocycles. The Morgan fingerprint density at radius 1 is 1.48 bits per heavy atom. The van der Waals surface area contributed by atoms with Crippen LogP contribution in [0.5, 0.6) is 0 Å². The first-order chi connectivity index (χ1) is 10.1. The van der Waals surface area contributed by atoms with E-state index in [1.165, 1.54) is 35.2 Å². The van der Waals surface area contributed by atoms with Crippen LogP contribution in [0.3, 0.4) is 0 Å². The van der Waals surface area contributed by atoms with Crippen LogP contribution in [0, 0.1) is 5.82 Å². The molecule has 0 unspecified atom stereocenters. The van der Waals surface area contributed by atoms with Gasteiger partial charge in [-0.05, 0) is 32.0 Å². The number of carbonyl (C=O) groups excluding carboxylic acids is 1. The molecule has 1 amide bonds. The Kier molecular flexibility index (Phi) is 5.51. The Balaban J connectivity index is 1.92. The molecule has 0 aliphatic rings. The van der Waals surface area contributed by atoms with Crippen LogP contribution in [-0.2, 0) is 4.79 Å². The van der Waals surface area contributed by atoms with Crippen LogP contribution in [0.1, 0.15) is 13.8 Å². The predicted octanol–water partition coefficient (Wildman–Crippen LogP) is 3.23. The van der Waals surface area contributed by atoms with Gasteiger partial charge in [0.2, 0.25) is 11.0 Å². The van der Waals surface area contributed by atoms with Crippen molar-refractivity contribution < 1.29 is 9.18 Å². The van der Waals surface area contributed by atoms with Gasteiger partial charge in [0.05, 0.1) is 5.25 Å². The number of halogens is 1. The van der Waals surface area contributed by atoms with Gasteiger partial charge in [0.25, 0.3) is 0 Å². The van der Waals surface area contributed by atoms with E-state index in [9.17, 15) is 9.18 Å². The van der Waals surface area contributed by atoms with E-state index in [0.29, 0.717) is 10.0 Å². The molecule has 21 heavy (non-hydrogen) atoms. The van der Waals surface area contributed by atoms with Crippen molar-refractivity contribution in [1.29, 1.82) is 0 Å². The number of benzene rings is 1. The number of rotatable bonds is 6. The van der Waals surface area contributed by atoms with Crippen LogP contribution in [-0.4, -0.2) is 27.9 Å². The molecule has 2 rings (SSSR count). The van der Waals surface area contributed by atoms with Gasteiger partial charge in [-0.3, -0.25) is 4.79 Å². The van der Waals surface area contributed by atoms with Gasteiger partial charge < -0.3 is 10.6 Å². The van der Waals surface area contributed by atoms with Crippen molar-refractivity contribution in [2.45, 2.75) is 23.4 Å². The van der Waals surface area contributed by atoms with E-state index in [4.69, 9.17) is 0 Å². The minimum Gasteiger partial charge on any atom is -0.360 e. The Bertz CT molecular complexity index is 620. The number of aromatic nitrogens is 2. The largest absolute Gasteiger partial charge is 0.360 e. The second kappa shape index (κ2) is 7.37. The molecule has 0 bridgehead atoms. The van der Waals surface area contributed by atoms with Gasteiger partial charge in [-0.1, -0.05) is 29.2 Å². The molecule has 1 atom stereocenters. The molecular weight excluding hydrogens is 311 g/mol. The number of hydrogen-bond acceptors (Lipinski definition) is 6. The summed E-state index contributed by atoms with van der Waals surface area (Å²) >= 11 is 2.72. The smallest absolute Gasteiger partial charge is 0.237 e. The molecule has 0 spiro atoms. The zero-order chi connectivity index (χ0) is 15.2. The van der Waals surface area contributed by atoms with E-state index < -0.39 is 0 Å². The van der Waals surface area contributed by atoms with Crippen LogP contribution >= 0.6 is 23.1 Å². The number of anilines is 2. The Morgan fingerprint density at radius 3 is 3.00 bits per heavy atom. The zero-order valence-electron chi connectivity index (χ0n) is 11.6. The molecule has 2 aromatic rings. The van der Waals surface area contributed by atoms with Crippen molar-refractivity contribution in [2.24, 2.45) is 0 Å². The Morgan fingerprint density at radius 2 is 2.29 bits per heavy atom. The summed E-state index contributed by atoms with van der Waals surface area (Å²) in [6.07, 6.45) is 0. The summed E-state index contributed by atoms with van der Waals surface area (Å²) < 4.78 is 13.8. The van der Waals surface area contributed by atoms with Crippen molar-refractivity contribution in [3.05, 3.63) is 30.1 Å². The highest BCUT2D eigenvalue weighted by Gasteiger charge is 2.17. The fraction of sp³-hybridized carbons (Fsp3) is 0.308. The Hall–Kier alpha value is -1.67. The highest BCUT2D eigenvalue weighted by molar-refractivity contribution is 8.02. The maximum atomic E-state index is 13.1. The van der Waals surface area contributed by atoms with E-state index in [-0.39, 0.29) is 17.0 Å². The maximum absolute atomic E-state index is 13.1. The van der Waals surface area contributed by atoms with Crippen molar-refractivity contribution in [1.82, 2.24) is 10.2 Å². The fourth-order valence-corrected chi connectivity index (χ4v) is 3.46. The number of thioether (sulfide) groups is 1. The van der Waals surface area contributed by atoms with Crippen LogP contribution in [0.15, 0.2) is 28.6 Å². The molecule has 0 saturated carbocycles. The van der Waals surface area contributed by atoms with Crippen LogP contribution in [0.25, 0.3) is 0 Å². The summed E-state index contributed by atoms with van der Waals surface area (Å²) in [4.78, 5) is 12.0. The highest BCUT2D eigenvalue weighted by atomic mass is 32.2. The van der Waals surface area contributed by atoms with Gasteiger partial charge in [0.1, 0.15) is 5.82 Å². The first-order valence-electron chi connectivity index (χ1n) is 6.39. The molecule has 0 fully saturated rings. The van der Waals surface area contributed by atoms with Gasteiger partial charge in [0.15, 0.2) is 4.34 Å². The molecule has 112 valence electrons. The summed E-state index contributed by atoms with van der Waals surface area (Å²) in [5, 5.41) is 14.1. The van der Waals surface area contributed by atoms with E-state index in [0.717, 1.165) is 11.7 Å². The SMILES string of the molecule is CCNc1nnc(S[C@H](C)C(=O)Nc2cccc(F)c2)s1. The number of carbonyl (C=O) groups is 1. The lowest BCUT2D eigenvalue weighted by molar-refractivity contribution is -0.115. The zero-order valence-corrected chi connectivity index (χ0v) is 13.2. The van der Waals surface area contributed by atoms with Crippen molar-refractivity contribution in [3.63, 3.8) is 0 Å². The van der Waals surface area contributed by atoms with Crippen LogP contribution in [0.2, 0.25) is 0 Å². The molecular formula is C13H15FN4OS2. The average molecular weight is 326 g/mol.